The standard InChI is InChI=1S/C72H133N2O6P/c1-6-8-10-12-14-16-18-20-22-24-26-28-30-32-34-35-36-37-38-39-40-42-44-46-48-50-52-54-56-58-60-62-64-66-72(76)73-70(69-80-81(77,78)79-68-67-74(3,4)5)71(75)65-63-61-59-57-55-53-51-49-47-45-43-41-33-31-29-27-25-23-21-19-17-15-13-11-9-7-2/h8,10,14,16,20,22,26,28,32,34,55,57,63,65,70-71,75H,6-7,9,11-13,15,17-19,21,23-25,27,29-31,33,35-54,56,58-62,64,66-69H2,1-5H3,(H-,73,76,77,78)/p+1/b10-8-,16-14-,22-20-,28-26-,34-32-,57-55+,65-63+. The summed E-state index contributed by atoms with van der Waals surface area (Å²) in [6.45, 7) is 4.72. The first-order valence-electron chi connectivity index (χ1n) is 34.5. The molecule has 0 aliphatic carbocycles. The van der Waals surface area contributed by atoms with Crippen LogP contribution in [0.2, 0.25) is 0 Å². The van der Waals surface area contributed by atoms with E-state index in [0.29, 0.717) is 17.4 Å². The van der Waals surface area contributed by atoms with Gasteiger partial charge in [-0.25, -0.2) is 4.57 Å². The zero-order valence-electron chi connectivity index (χ0n) is 54.0. The number of unbranched alkanes of at least 4 members (excludes halogenated alkanes) is 38. The van der Waals surface area contributed by atoms with E-state index in [9.17, 15) is 19.4 Å². The minimum Gasteiger partial charge on any atom is -0.387 e. The van der Waals surface area contributed by atoms with Crippen LogP contribution in [-0.4, -0.2) is 73.4 Å². The highest BCUT2D eigenvalue weighted by Gasteiger charge is 2.28. The number of carbonyl (C=O) groups is 1. The molecular formula is C72H134N2O6P+. The van der Waals surface area contributed by atoms with Gasteiger partial charge >= 0.3 is 7.82 Å². The first-order chi connectivity index (χ1) is 39.5. The molecule has 0 aromatic carbocycles. The van der Waals surface area contributed by atoms with Crippen LogP contribution < -0.4 is 5.32 Å². The normalized spacial score (nSPS) is 14.2. The quantitative estimate of drug-likeness (QED) is 0.0243. The number of rotatable bonds is 63. The average molecular weight is 1150 g/mol. The lowest BCUT2D eigenvalue weighted by molar-refractivity contribution is -0.870. The largest absolute Gasteiger partial charge is 0.472 e. The monoisotopic (exact) mass is 1150 g/mol. The van der Waals surface area contributed by atoms with Gasteiger partial charge in [-0.2, -0.15) is 0 Å². The first-order valence-corrected chi connectivity index (χ1v) is 36.0. The van der Waals surface area contributed by atoms with E-state index < -0.39 is 20.0 Å². The molecule has 3 N–H and O–H groups in total. The van der Waals surface area contributed by atoms with Gasteiger partial charge in [-0.15, -0.1) is 0 Å². The van der Waals surface area contributed by atoms with Crippen molar-refractivity contribution < 1.29 is 32.9 Å². The summed E-state index contributed by atoms with van der Waals surface area (Å²) in [6, 6.07) is -0.868. The zero-order valence-corrected chi connectivity index (χ0v) is 54.9. The molecule has 8 nitrogen and oxygen atoms in total. The molecule has 0 rings (SSSR count). The third-order valence-electron chi connectivity index (χ3n) is 15.3. The maximum absolute atomic E-state index is 13.0. The Balaban J connectivity index is 4.10. The number of carbonyl (C=O) groups excluding carboxylic acids is 1. The molecule has 0 heterocycles. The summed E-state index contributed by atoms with van der Waals surface area (Å²) < 4.78 is 23.8. The number of hydrogen-bond donors (Lipinski definition) is 3. The smallest absolute Gasteiger partial charge is 0.387 e. The van der Waals surface area contributed by atoms with Crippen molar-refractivity contribution in [3.05, 3.63) is 85.1 Å². The van der Waals surface area contributed by atoms with Crippen molar-refractivity contribution in [3.8, 4) is 0 Å². The SMILES string of the molecule is CC/C=C\C/C=C\C/C=C\C/C=C\C/C=C\CCCCCCCCCCCCCCCCCCCC(=O)NC(COP(=O)(O)OCC[N+](C)(C)C)C(O)/C=C/CC/C=C/CCCCCCCCCCCCCCCCCCCCCC. The molecule has 81 heavy (non-hydrogen) atoms. The number of aliphatic hydroxyl groups is 1. The van der Waals surface area contributed by atoms with Crippen LogP contribution in [0.3, 0.4) is 0 Å². The van der Waals surface area contributed by atoms with E-state index in [-0.39, 0.29) is 19.1 Å². The summed E-state index contributed by atoms with van der Waals surface area (Å²) in [6.07, 6.45) is 88.7. The van der Waals surface area contributed by atoms with Crippen molar-refractivity contribution in [1.82, 2.24) is 5.32 Å². The van der Waals surface area contributed by atoms with Crippen LogP contribution in [0.15, 0.2) is 85.1 Å². The van der Waals surface area contributed by atoms with Crippen LogP contribution in [0.5, 0.6) is 0 Å². The molecule has 0 aromatic rings. The van der Waals surface area contributed by atoms with Gasteiger partial charge in [0.15, 0.2) is 0 Å². The average Bonchev–Trinajstić information content (AvgIpc) is 3.43. The molecular weight excluding hydrogens is 1020 g/mol. The van der Waals surface area contributed by atoms with Gasteiger partial charge in [-0.3, -0.25) is 13.8 Å². The third kappa shape index (κ3) is 65.1. The second-order valence-electron chi connectivity index (χ2n) is 24.5. The maximum Gasteiger partial charge on any atom is 0.472 e. The minimum atomic E-state index is -4.36. The Morgan fingerprint density at radius 2 is 0.753 bits per heavy atom. The Hall–Kier alpha value is -2.32. The molecule has 0 saturated carbocycles. The van der Waals surface area contributed by atoms with Crippen molar-refractivity contribution in [2.75, 3.05) is 40.9 Å². The maximum atomic E-state index is 13.0. The molecule has 0 saturated heterocycles. The Morgan fingerprint density at radius 1 is 0.432 bits per heavy atom. The molecule has 1 amide bonds. The number of aliphatic hydroxyl groups excluding tert-OH is 1. The lowest BCUT2D eigenvalue weighted by Crippen LogP contribution is -2.45. The van der Waals surface area contributed by atoms with Crippen LogP contribution in [-0.2, 0) is 18.4 Å². The third-order valence-corrected chi connectivity index (χ3v) is 16.3. The van der Waals surface area contributed by atoms with Gasteiger partial charge in [0.25, 0.3) is 0 Å². The van der Waals surface area contributed by atoms with Gasteiger partial charge < -0.3 is 19.8 Å². The molecule has 9 heteroatoms. The Labute approximate surface area is 503 Å². The number of quaternary nitrogens is 1. The second-order valence-corrected chi connectivity index (χ2v) is 26.0. The van der Waals surface area contributed by atoms with Crippen molar-refractivity contribution in [1.29, 1.82) is 0 Å². The molecule has 0 aliphatic heterocycles. The minimum absolute atomic E-state index is 0.0547. The summed E-state index contributed by atoms with van der Waals surface area (Å²) in [5, 5.41) is 14.0. The number of hydrogen-bond acceptors (Lipinski definition) is 5. The summed E-state index contributed by atoms with van der Waals surface area (Å²) >= 11 is 0. The van der Waals surface area contributed by atoms with Crippen molar-refractivity contribution in [2.24, 2.45) is 0 Å². The molecule has 3 unspecified atom stereocenters. The van der Waals surface area contributed by atoms with E-state index in [0.717, 1.165) is 70.6 Å². The predicted octanol–water partition coefficient (Wildman–Crippen LogP) is 21.9. The lowest BCUT2D eigenvalue weighted by atomic mass is 10.0. The van der Waals surface area contributed by atoms with Gasteiger partial charge in [-0.1, -0.05) is 317 Å². The first kappa shape index (κ1) is 78.7. The molecule has 0 aromatic heterocycles. The molecule has 0 bridgehead atoms. The zero-order chi connectivity index (χ0) is 59.1. The van der Waals surface area contributed by atoms with Gasteiger partial charge in [0.2, 0.25) is 5.91 Å². The lowest BCUT2D eigenvalue weighted by Gasteiger charge is -2.25. The van der Waals surface area contributed by atoms with Crippen molar-refractivity contribution >= 4 is 13.7 Å². The van der Waals surface area contributed by atoms with Crippen LogP contribution in [0.25, 0.3) is 0 Å². The van der Waals surface area contributed by atoms with E-state index in [1.54, 1.807) is 6.08 Å². The highest BCUT2D eigenvalue weighted by Crippen LogP contribution is 2.43. The molecule has 3 atom stereocenters. The van der Waals surface area contributed by atoms with E-state index in [1.807, 2.05) is 27.2 Å². The Bertz CT molecular complexity index is 1600. The Morgan fingerprint density at radius 3 is 1.14 bits per heavy atom. The predicted molar refractivity (Wildman–Crippen MR) is 355 cm³/mol. The number of phosphoric ester groups is 1. The second kappa shape index (κ2) is 62.2. The fraction of sp³-hybridized carbons (Fsp3) is 0.792. The number of allylic oxidation sites excluding steroid dienone is 13. The number of nitrogens with one attached hydrogen (secondary N) is 1. The molecule has 0 radical (unpaired) electrons. The molecule has 472 valence electrons. The van der Waals surface area contributed by atoms with Crippen molar-refractivity contribution in [3.63, 3.8) is 0 Å². The van der Waals surface area contributed by atoms with Crippen molar-refractivity contribution in [2.45, 2.75) is 328 Å². The van der Waals surface area contributed by atoms with E-state index >= 15 is 0 Å². The highest BCUT2D eigenvalue weighted by molar-refractivity contribution is 7.47. The fourth-order valence-corrected chi connectivity index (χ4v) is 10.8. The summed E-state index contributed by atoms with van der Waals surface area (Å²) in [7, 11) is 1.56. The summed E-state index contributed by atoms with van der Waals surface area (Å²) in [5.74, 6) is -0.184. The summed E-state index contributed by atoms with van der Waals surface area (Å²) in [4.78, 5) is 23.4. The van der Waals surface area contributed by atoms with Crippen LogP contribution >= 0.6 is 7.82 Å². The van der Waals surface area contributed by atoms with Gasteiger partial charge in [0, 0.05) is 6.42 Å². The van der Waals surface area contributed by atoms with Crippen LogP contribution in [0.4, 0.5) is 0 Å². The van der Waals surface area contributed by atoms with E-state index in [1.165, 1.54) is 225 Å². The van der Waals surface area contributed by atoms with Crippen LogP contribution in [0, 0.1) is 0 Å². The highest BCUT2D eigenvalue weighted by atomic mass is 31.2. The molecule has 0 fully saturated rings. The molecule has 0 spiro atoms. The van der Waals surface area contributed by atoms with Gasteiger partial charge in [0.05, 0.1) is 39.9 Å². The fourth-order valence-electron chi connectivity index (χ4n) is 10.0. The van der Waals surface area contributed by atoms with E-state index in [2.05, 4.69) is 92.1 Å². The number of likely N-dealkylation sites (N-methyl/N-ethyl adjacent to an activating group) is 1. The van der Waals surface area contributed by atoms with E-state index in [4.69, 9.17) is 9.05 Å². The molecule has 0 aliphatic rings. The number of amides is 1. The number of phosphoric acid groups is 1. The van der Waals surface area contributed by atoms with Crippen LogP contribution in [0.1, 0.15) is 316 Å². The summed E-state index contributed by atoms with van der Waals surface area (Å²) in [5.41, 5.74) is 0. The topological polar surface area (TPSA) is 105 Å². The van der Waals surface area contributed by atoms with Gasteiger partial charge in [-0.05, 0) is 77.0 Å². The Kier molecular flexibility index (Phi) is 60.4. The number of nitrogens with zero attached hydrogens (tertiary/aromatic N) is 1. The van der Waals surface area contributed by atoms with Gasteiger partial charge in [0.1, 0.15) is 13.2 Å².